The van der Waals surface area contributed by atoms with Gasteiger partial charge in [0.2, 0.25) is 0 Å². The van der Waals surface area contributed by atoms with Gasteiger partial charge in [0.15, 0.2) is 0 Å². The molecule has 154 valence electrons. The number of ether oxygens (including phenoxy) is 1. The van der Waals surface area contributed by atoms with Crippen molar-refractivity contribution in [2.75, 3.05) is 6.61 Å². The molecule has 0 aliphatic carbocycles. The first-order valence-electron chi connectivity index (χ1n) is 10.8. The van der Waals surface area contributed by atoms with Crippen LogP contribution in [-0.2, 0) is 19.5 Å². The van der Waals surface area contributed by atoms with E-state index in [0.29, 0.717) is 6.61 Å². The molecule has 1 aromatic heterocycles. The standard InChI is InChI=1S/C28H26N2O/c1-3-10-22(11-4-1)19-30(20-23-12-5-2-6-13-23)24-18-26-25(27-15-7-8-17-29-27)14-9-16-28(26)31-21-24/h1-17,24H,18-21H2. The summed E-state index contributed by atoms with van der Waals surface area (Å²) >= 11 is 0. The number of rotatable bonds is 6. The van der Waals surface area contributed by atoms with Gasteiger partial charge in [-0.3, -0.25) is 9.88 Å². The maximum Gasteiger partial charge on any atom is 0.123 e. The van der Waals surface area contributed by atoms with Crippen LogP contribution in [0.2, 0.25) is 0 Å². The molecule has 0 saturated carbocycles. The van der Waals surface area contributed by atoms with Crippen LogP contribution in [0, 0.1) is 0 Å². The fourth-order valence-corrected chi connectivity index (χ4v) is 4.34. The molecule has 0 radical (unpaired) electrons. The zero-order chi connectivity index (χ0) is 20.9. The Kier molecular flexibility index (Phi) is 5.76. The second-order valence-corrected chi connectivity index (χ2v) is 8.04. The highest BCUT2D eigenvalue weighted by molar-refractivity contribution is 5.67. The number of fused-ring (bicyclic) bond motifs is 1. The van der Waals surface area contributed by atoms with Gasteiger partial charge in [0, 0.05) is 36.5 Å². The van der Waals surface area contributed by atoms with Crippen molar-refractivity contribution in [3.63, 3.8) is 0 Å². The van der Waals surface area contributed by atoms with Crippen molar-refractivity contribution in [3.8, 4) is 17.0 Å². The Labute approximate surface area is 184 Å². The largest absolute Gasteiger partial charge is 0.492 e. The van der Waals surface area contributed by atoms with E-state index in [-0.39, 0.29) is 6.04 Å². The predicted molar refractivity (Wildman–Crippen MR) is 125 cm³/mol. The Morgan fingerprint density at radius 1 is 0.742 bits per heavy atom. The summed E-state index contributed by atoms with van der Waals surface area (Å²) in [6.45, 7) is 2.48. The van der Waals surface area contributed by atoms with E-state index in [1.807, 2.05) is 18.3 Å². The molecule has 3 heteroatoms. The van der Waals surface area contributed by atoms with Gasteiger partial charge in [-0.15, -0.1) is 0 Å². The molecule has 5 rings (SSSR count). The third kappa shape index (κ3) is 4.52. The molecule has 3 nitrogen and oxygen atoms in total. The van der Waals surface area contributed by atoms with Gasteiger partial charge < -0.3 is 4.74 Å². The molecule has 31 heavy (non-hydrogen) atoms. The number of benzene rings is 3. The summed E-state index contributed by atoms with van der Waals surface area (Å²) in [5.41, 5.74) is 6.07. The molecule has 0 amide bonds. The van der Waals surface area contributed by atoms with Gasteiger partial charge in [-0.2, -0.15) is 0 Å². The topological polar surface area (TPSA) is 25.4 Å². The fourth-order valence-electron chi connectivity index (χ4n) is 4.34. The van der Waals surface area contributed by atoms with Gasteiger partial charge in [-0.05, 0) is 35.7 Å². The van der Waals surface area contributed by atoms with Crippen molar-refractivity contribution < 1.29 is 4.74 Å². The summed E-state index contributed by atoms with van der Waals surface area (Å²) in [4.78, 5) is 7.14. The second kappa shape index (κ2) is 9.15. The summed E-state index contributed by atoms with van der Waals surface area (Å²) in [7, 11) is 0. The lowest BCUT2D eigenvalue weighted by atomic mass is 9.94. The first-order chi connectivity index (χ1) is 15.4. The third-order valence-electron chi connectivity index (χ3n) is 5.92. The molecule has 1 aliphatic rings. The maximum absolute atomic E-state index is 6.29. The summed E-state index contributed by atoms with van der Waals surface area (Å²) in [5.74, 6) is 0.985. The molecular formula is C28H26N2O. The van der Waals surface area contributed by atoms with Crippen LogP contribution in [0.5, 0.6) is 5.75 Å². The molecule has 2 heterocycles. The monoisotopic (exact) mass is 406 g/mol. The van der Waals surface area contributed by atoms with Crippen molar-refractivity contribution >= 4 is 0 Å². The van der Waals surface area contributed by atoms with Crippen LogP contribution in [0.15, 0.2) is 103 Å². The van der Waals surface area contributed by atoms with Crippen LogP contribution in [0.4, 0.5) is 0 Å². The summed E-state index contributed by atoms with van der Waals surface area (Å²) in [5, 5.41) is 0. The summed E-state index contributed by atoms with van der Waals surface area (Å²) < 4.78 is 6.29. The van der Waals surface area contributed by atoms with Gasteiger partial charge in [-0.25, -0.2) is 0 Å². The number of hydrogen-bond acceptors (Lipinski definition) is 3. The van der Waals surface area contributed by atoms with Crippen molar-refractivity contribution in [1.29, 1.82) is 0 Å². The number of pyridine rings is 1. The summed E-state index contributed by atoms with van der Waals surface area (Å²) in [6, 6.07) is 34.1. The van der Waals surface area contributed by atoms with E-state index in [4.69, 9.17) is 4.74 Å². The van der Waals surface area contributed by atoms with E-state index in [1.165, 1.54) is 22.3 Å². The highest BCUT2D eigenvalue weighted by atomic mass is 16.5. The lowest BCUT2D eigenvalue weighted by molar-refractivity contribution is 0.106. The highest BCUT2D eigenvalue weighted by Gasteiger charge is 2.28. The number of hydrogen-bond donors (Lipinski definition) is 0. The Hall–Kier alpha value is -3.43. The maximum atomic E-state index is 6.29. The normalized spacial score (nSPS) is 15.3. The minimum Gasteiger partial charge on any atom is -0.492 e. The molecule has 3 aromatic carbocycles. The highest BCUT2D eigenvalue weighted by Crippen LogP contribution is 2.35. The van der Waals surface area contributed by atoms with Crippen LogP contribution in [0.1, 0.15) is 16.7 Å². The molecule has 0 saturated heterocycles. The molecule has 0 bridgehead atoms. The molecule has 0 N–H and O–H groups in total. The SMILES string of the molecule is c1ccc(CN(Cc2ccccc2)C2COc3cccc(-c4ccccn4)c3C2)cc1. The van der Waals surface area contributed by atoms with Crippen molar-refractivity contribution in [1.82, 2.24) is 9.88 Å². The Morgan fingerprint density at radius 2 is 1.42 bits per heavy atom. The summed E-state index contributed by atoms with van der Waals surface area (Å²) in [6.07, 6.45) is 2.80. The average Bonchev–Trinajstić information content (AvgIpc) is 2.85. The van der Waals surface area contributed by atoms with E-state index in [0.717, 1.165) is 31.0 Å². The first kappa shape index (κ1) is 19.5. The van der Waals surface area contributed by atoms with Crippen molar-refractivity contribution in [2.45, 2.75) is 25.6 Å². The minimum absolute atomic E-state index is 0.290. The van der Waals surface area contributed by atoms with Gasteiger partial charge in [0.25, 0.3) is 0 Å². The predicted octanol–water partition coefficient (Wildman–Crippen LogP) is 5.75. The van der Waals surface area contributed by atoms with Crippen molar-refractivity contribution in [3.05, 3.63) is 120 Å². The van der Waals surface area contributed by atoms with E-state index in [1.54, 1.807) is 0 Å². The quantitative estimate of drug-likeness (QED) is 0.407. The fraction of sp³-hybridized carbons (Fsp3) is 0.179. The Bertz CT molecular complexity index is 1070. The van der Waals surface area contributed by atoms with E-state index in [9.17, 15) is 0 Å². The Balaban J connectivity index is 1.46. The van der Waals surface area contributed by atoms with Crippen molar-refractivity contribution in [2.24, 2.45) is 0 Å². The van der Waals surface area contributed by atoms with Crippen LogP contribution in [0.3, 0.4) is 0 Å². The van der Waals surface area contributed by atoms with Gasteiger partial charge >= 0.3 is 0 Å². The lowest BCUT2D eigenvalue weighted by Gasteiger charge is -2.36. The zero-order valence-electron chi connectivity index (χ0n) is 17.5. The molecule has 0 fully saturated rings. The molecule has 0 spiro atoms. The van der Waals surface area contributed by atoms with Gasteiger partial charge in [0.05, 0.1) is 5.69 Å². The molecule has 1 atom stereocenters. The molecule has 1 unspecified atom stereocenters. The molecular weight excluding hydrogens is 380 g/mol. The van der Waals surface area contributed by atoms with Crippen LogP contribution in [0.25, 0.3) is 11.3 Å². The number of aromatic nitrogens is 1. The van der Waals surface area contributed by atoms with Crippen LogP contribution >= 0.6 is 0 Å². The Morgan fingerprint density at radius 3 is 2.06 bits per heavy atom. The lowest BCUT2D eigenvalue weighted by Crippen LogP contribution is -2.42. The molecule has 1 aliphatic heterocycles. The average molecular weight is 407 g/mol. The van der Waals surface area contributed by atoms with Crippen LogP contribution in [-0.4, -0.2) is 22.5 Å². The second-order valence-electron chi connectivity index (χ2n) is 8.04. The molecule has 4 aromatic rings. The van der Waals surface area contributed by atoms with E-state index >= 15 is 0 Å². The third-order valence-corrected chi connectivity index (χ3v) is 5.92. The van der Waals surface area contributed by atoms with Gasteiger partial charge in [0.1, 0.15) is 12.4 Å². The smallest absolute Gasteiger partial charge is 0.123 e. The van der Waals surface area contributed by atoms with Gasteiger partial charge in [-0.1, -0.05) is 78.9 Å². The first-order valence-corrected chi connectivity index (χ1v) is 10.8. The van der Waals surface area contributed by atoms with Crippen LogP contribution < -0.4 is 4.74 Å². The van der Waals surface area contributed by atoms with E-state index < -0.39 is 0 Å². The van der Waals surface area contributed by atoms with E-state index in [2.05, 4.69) is 94.8 Å². The minimum atomic E-state index is 0.290. The zero-order valence-corrected chi connectivity index (χ0v) is 17.5. The number of nitrogens with zero attached hydrogens (tertiary/aromatic N) is 2.